The van der Waals surface area contributed by atoms with E-state index in [1.807, 2.05) is 24.3 Å². The van der Waals surface area contributed by atoms with E-state index >= 15 is 0 Å². The van der Waals surface area contributed by atoms with Gasteiger partial charge in [-0.15, -0.1) is 0 Å². The van der Waals surface area contributed by atoms with Crippen LogP contribution in [-0.2, 0) is 4.74 Å². The molecule has 0 heterocycles. The van der Waals surface area contributed by atoms with Crippen LogP contribution < -0.4 is 5.32 Å². The van der Waals surface area contributed by atoms with Gasteiger partial charge in [0, 0.05) is 6.54 Å². The smallest absolute Gasteiger partial charge is 0.407 e. The summed E-state index contributed by atoms with van der Waals surface area (Å²) in [5.74, 6) is 0. The molecule has 98 valence electrons. The van der Waals surface area contributed by atoms with Crippen LogP contribution in [-0.4, -0.2) is 19.2 Å². The van der Waals surface area contributed by atoms with Gasteiger partial charge in [0.2, 0.25) is 0 Å². The maximum atomic E-state index is 11.2. The first kappa shape index (κ1) is 14.3. The molecule has 1 amide bonds. The second-order valence-corrected chi connectivity index (χ2v) is 4.20. The number of amides is 1. The summed E-state index contributed by atoms with van der Waals surface area (Å²) in [7, 11) is 0. The Kier molecular flexibility index (Phi) is 6.62. The van der Waals surface area contributed by atoms with E-state index < -0.39 is 0 Å². The van der Waals surface area contributed by atoms with Gasteiger partial charge in [0.05, 0.1) is 0 Å². The molecule has 1 rings (SSSR count). The monoisotopic (exact) mass is 247 g/mol. The molecule has 3 heteroatoms. The number of benzene rings is 1. The molecule has 0 saturated carbocycles. The molecule has 0 bridgehead atoms. The Morgan fingerprint density at radius 3 is 3.00 bits per heavy atom. The molecule has 0 atom stereocenters. The van der Waals surface area contributed by atoms with Crippen molar-refractivity contribution in [2.24, 2.45) is 0 Å². The Labute approximate surface area is 109 Å². The van der Waals surface area contributed by atoms with Crippen molar-refractivity contribution in [2.75, 3.05) is 13.2 Å². The number of hydrogen-bond donors (Lipinski definition) is 1. The highest BCUT2D eigenvalue weighted by Crippen LogP contribution is 2.05. The van der Waals surface area contributed by atoms with E-state index in [4.69, 9.17) is 4.74 Å². The molecule has 0 saturated heterocycles. The van der Waals surface area contributed by atoms with Crippen LogP contribution in [0.1, 0.15) is 30.9 Å². The van der Waals surface area contributed by atoms with Crippen LogP contribution in [0.25, 0.3) is 6.08 Å². The van der Waals surface area contributed by atoms with Gasteiger partial charge in [-0.25, -0.2) is 4.79 Å². The van der Waals surface area contributed by atoms with E-state index in [0.29, 0.717) is 13.2 Å². The molecule has 3 nitrogen and oxygen atoms in total. The molecular weight excluding hydrogens is 226 g/mol. The normalized spacial score (nSPS) is 10.6. The fourth-order valence-corrected chi connectivity index (χ4v) is 1.50. The fourth-order valence-electron chi connectivity index (χ4n) is 1.50. The molecular formula is C15H21NO2. The van der Waals surface area contributed by atoms with Gasteiger partial charge in [0.25, 0.3) is 0 Å². The summed E-state index contributed by atoms with van der Waals surface area (Å²) < 4.78 is 5.00. The molecule has 1 aromatic carbocycles. The molecule has 0 spiro atoms. The Hall–Kier alpha value is -1.77. The third-order valence-electron chi connectivity index (χ3n) is 2.46. The van der Waals surface area contributed by atoms with Crippen molar-refractivity contribution in [2.45, 2.75) is 26.7 Å². The van der Waals surface area contributed by atoms with Gasteiger partial charge < -0.3 is 10.1 Å². The van der Waals surface area contributed by atoms with Crippen LogP contribution in [0, 0.1) is 6.92 Å². The van der Waals surface area contributed by atoms with Crippen LogP contribution in [0.4, 0.5) is 4.79 Å². The van der Waals surface area contributed by atoms with E-state index in [9.17, 15) is 4.79 Å². The average Bonchev–Trinajstić information content (AvgIpc) is 2.35. The van der Waals surface area contributed by atoms with Crippen molar-refractivity contribution in [1.29, 1.82) is 0 Å². The van der Waals surface area contributed by atoms with Gasteiger partial charge in [-0.2, -0.15) is 0 Å². The molecule has 0 radical (unpaired) electrons. The van der Waals surface area contributed by atoms with Crippen LogP contribution >= 0.6 is 0 Å². The lowest BCUT2D eigenvalue weighted by molar-refractivity contribution is 0.158. The zero-order chi connectivity index (χ0) is 13.2. The number of hydrogen-bond acceptors (Lipinski definition) is 2. The Morgan fingerprint density at radius 2 is 2.28 bits per heavy atom. The van der Waals surface area contributed by atoms with Crippen molar-refractivity contribution in [1.82, 2.24) is 5.32 Å². The largest absolute Gasteiger partial charge is 0.445 e. The summed E-state index contributed by atoms with van der Waals surface area (Å²) in [5, 5.41) is 2.70. The summed E-state index contributed by atoms with van der Waals surface area (Å²) in [6.45, 7) is 5.11. The number of aryl methyl sites for hydroxylation is 1. The summed E-state index contributed by atoms with van der Waals surface area (Å²) in [4.78, 5) is 11.2. The zero-order valence-electron chi connectivity index (χ0n) is 11.1. The minimum Gasteiger partial charge on any atom is -0.445 e. The number of alkyl carbamates (subject to hydrolysis) is 1. The van der Waals surface area contributed by atoms with Crippen molar-refractivity contribution in [3.63, 3.8) is 0 Å². The molecule has 0 aliphatic rings. The standard InChI is InChI=1S/C15H21NO2/c1-3-4-10-16-15(17)18-11-6-9-14-8-5-7-13(2)12-14/h5-9,12H,3-4,10-11H2,1-2H3,(H,16,17)/b9-6+. The molecule has 0 aromatic heterocycles. The third kappa shape index (κ3) is 6.09. The fraction of sp³-hybridized carbons (Fsp3) is 0.400. The van der Waals surface area contributed by atoms with Crippen molar-refractivity contribution in [3.05, 3.63) is 41.5 Å². The van der Waals surface area contributed by atoms with Crippen molar-refractivity contribution in [3.8, 4) is 0 Å². The van der Waals surface area contributed by atoms with Gasteiger partial charge >= 0.3 is 6.09 Å². The number of carbonyl (C=O) groups is 1. The average molecular weight is 247 g/mol. The Balaban J connectivity index is 2.23. The molecule has 1 aromatic rings. The van der Waals surface area contributed by atoms with E-state index in [-0.39, 0.29) is 6.09 Å². The number of rotatable bonds is 6. The maximum Gasteiger partial charge on any atom is 0.407 e. The van der Waals surface area contributed by atoms with E-state index in [1.54, 1.807) is 0 Å². The zero-order valence-corrected chi connectivity index (χ0v) is 11.1. The van der Waals surface area contributed by atoms with Crippen molar-refractivity contribution < 1.29 is 9.53 Å². The van der Waals surface area contributed by atoms with Gasteiger partial charge in [-0.05, 0) is 25.0 Å². The minimum atomic E-state index is -0.350. The topological polar surface area (TPSA) is 38.3 Å². The van der Waals surface area contributed by atoms with Crippen LogP contribution in [0.5, 0.6) is 0 Å². The van der Waals surface area contributed by atoms with Crippen LogP contribution in [0.15, 0.2) is 30.3 Å². The number of ether oxygens (including phenoxy) is 1. The van der Waals surface area contributed by atoms with Crippen LogP contribution in [0.3, 0.4) is 0 Å². The first-order valence-electron chi connectivity index (χ1n) is 6.36. The summed E-state index contributed by atoms with van der Waals surface area (Å²) in [6, 6.07) is 8.16. The van der Waals surface area contributed by atoms with Gasteiger partial charge in [-0.3, -0.25) is 0 Å². The lowest BCUT2D eigenvalue weighted by atomic mass is 10.1. The predicted molar refractivity (Wildman–Crippen MR) is 74.5 cm³/mol. The van der Waals surface area contributed by atoms with Gasteiger partial charge in [0.1, 0.15) is 6.61 Å². The lowest BCUT2D eigenvalue weighted by Crippen LogP contribution is -2.25. The van der Waals surface area contributed by atoms with E-state index in [0.717, 1.165) is 18.4 Å². The number of carbonyl (C=O) groups excluding carboxylic acids is 1. The third-order valence-corrected chi connectivity index (χ3v) is 2.46. The van der Waals surface area contributed by atoms with Crippen LogP contribution in [0.2, 0.25) is 0 Å². The molecule has 1 N–H and O–H groups in total. The molecule has 0 aliphatic heterocycles. The SMILES string of the molecule is CCCCNC(=O)OC/C=C/c1cccc(C)c1. The van der Waals surface area contributed by atoms with Gasteiger partial charge in [0.15, 0.2) is 0 Å². The Bertz CT molecular complexity index is 399. The highest BCUT2D eigenvalue weighted by Gasteiger charge is 1.97. The molecule has 0 aliphatic carbocycles. The highest BCUT2D eigenvalue weighted by atomic mass is 16.5. The molecule has 18 heavy (non-hydrogen) atoms. The minimum absolute atomic E-state index is 0.298. The number of unbranched alkanes of at least 4 members (excludes halogenated alkanes) is 1. The van der Waals surface area contributed by atoms with E-state index in [1.165, 1.54) is 5.56 Å². The molecule has 0 fully saturated rings. The second-order valence-electron chi connectivity index (χ2n) is 4.20. The van der Waals surface area contributed by atoms with Gasteiger partial charge in [-0.1, -0.05) is 49.2 Å². The van der Waals surface area contributed by atoms with Crippen molar-refractivity contribution >= 4 is 12.2 Å². The summed E-state index contributed by atoms with van der Waals surface area (Å²) in [6.07, 6.45) is 5.49. The van der Waals surface area contributed by atoms with E-state index in [2.05, 4.69) is 31.3 Å². The quantitative estimate of drug-likeness (QED) is 0.781. The molecule has 0 unspecified atom stereocenters. The predicted octanol–water partition coefficient (Wildman–Crippen LogP) is 3.53. The number of nitrogens with one attached hydrogen (secondary N) is 1. The maximum absolute atomic E-state index is 11.2. The highest BCUT2D eigenvalue weighted by molar-refractivity contribution is 5.67. The Morgan fingerprint density at radius 1 is 1.44 bits per heavy atom. The first-order chi connectivity index (χ1) is 8.72. The first-order valence-corrected chi connectivity index (χ1v) is 6.36. The summed E-state index contributed by atoms with van der Waals surface area (Å²) in [5.41, 5.74) is 2.33. The second kappa shape index (κ2) is 8.34. The lowest BCUT2D eigenvalue weighted by Gasteiger charge is -2.03. The summed E-state index contributed by atoms with van der Waals surface area (Å²) >= 11 is 0.